The minimum atomic E-state index is -3.39. The van der Waals surface area contributed by atoms with Crippen LogP contribution in [-0.2, 0) is 27.8 Å². The molecule has 0 aliphatic carbocycles. The van der Waals surface area contributed by atoms with Crippen LogP contribution in [0.4, 0.5) is 0 Å². The van der Waals surface area contributed by atoms with E-state index in [0.717, 1.165) is 29.4 Å². The van der Waals surface area contributed by atoms with Gasteiger partial charge in [-0.15, -0.1) is 11.6 Å². The van der Waals surface area contributed by atoms with Crippen LogP contribution >= 0.6 is 34.8 Å². The van der Waals surface area contributed by atoms with Crippen molar-refractivity contribution in [1.29, 1.82) is 0 Å². The van der Waals surface area contributed by atoms with Crippen molar-refractivity contribution >= 4 is 50.7 Å². The maximum absolute atomic E-state index is 11.7. The van der Waals surface area contributed by atoms with Crippen molar-refractivity contribution in [2.45, 2.75) is 32.2 Å². The number of benzene rings is 2. The Hall–Kier alpha value is -1.51. The van der Waals surface area contributed by atoms with E-state index in [2.05, 4.69) is 17.0 Å². The fourth-order valence-corrected chi connectivity index (χ4v) is 4.07. The van der Waals surface area contributed by atoms with Crippen LogP contribution in [0.15, 0.2) is 36.4 Å². The lowest BCUT2D eigenvalue weighted by Gasteiger charge is -2.16. The summed E-state index contributed by atoms with van der Waals surface area (Å²) in [5.74, 6) is 0.773. The number of hydrogen-bond acceptors (Lipinski definition) is 4. The molecule has 2 N–H and O–H groups in total. The quantitative estimate of drug-likeness (QED) is 0.318. The first-order chi connectivity index (χ1) is 15.1. The van der Waals surface area contributed by atoms with Gasteiger partial charge in [0.05, 0.1) is 29.5 Å². The van der Waals surface area contributed by atoms with E-state index in [1.54, 1.807) is 0 Å². The fourth-order valence-electron chi connectivity index (χ4n) is 2.96. The second-order valence-electron chi connectivity index (χ2n) is 7.50. The molecule has 6 nitrogen and oxygen atoms in total. The van der Waals surface area contributed by atoms with Crippen molar-refractivity contribution in [2.75, 3.05) is 25.3 Å². The molecule has 0 saturated carbocycles. The molecule has 10 heteroatoms. The predicted molar refractivity (Wildman–Crippen MR) is 131 cm³/mol. The minimum absolute atomic E-state index is 0.175. The van der Waals surface area contributed by atoms with E-state index in [1.165, 1.54) is 0 Å². The standard InChI is InChI=1S/C22H27Cl3N2O4S/c1-15(18-11-19(24)22(20(25)12-18)31-9-3-8-23)10-16-4-6-17(7-5-16)13-26-21(28)14-27-32(2,29)30/h4-7,11-12,15,27H,3,8-10,13-14H2,1-2H3,(H,26,28)/t15-/m1/s1. The molecule has 0 fully saturated rings. The van der Waals surface area contributed by atoms with Crippen LogP contribution in [0, 0.1) is 0 Å². The van der Waals surface area contributed by atoms with Crippen molar-refractivity contribution in [3.63, 3.8) is 0 Å². The van der Waals surface area contributed by atoms with Gasteiger partial charge < -0.3 is 10.1 Å². The topological polar surface area (TPSA) is 84.5 Å². The molecular formula is C22H27Cl3N2O4S. The lowest BCUT2D eigenvalue weighted by molar-refractivity contribution is -0.120. The second-order valence-corrected chi connectivity index (χ2v) is 10.5. The second kappa shape index (κ2) is 12.7. The van der Waals surface area contributed by atoms with E-state index in [9.17, 15) is 13.2 Å². The Morgan fingerprint density at radius 2 is 1.69 bits per heavy atom. The van der Waals surface area contributed by atoms with Crippen molar-refractivity contribution in [2.24, 2.45) is 0 Å². The number of ether oxygens (including phenoxy) is 1. The fraction of sp³-hybridized carbons (Fsp3) is 0.409. The van der Waals surface area contributed by atoms with Crippen molar-refractivity contribution in [3.05, 3.63) is 63.1 Å². The zero-order chi connectivity index (χ0) is 23.7. The molecule has 0 saturated heterocycles. The maximum Gasteiger partial charge on any atom is 0.235 e. The Kier molecular flexibility index (Phi) is 10.6. The van der Waals surface area contributed by atoms with Gasteiger partial charge >= 0.3 is 0 Å². The molecule has 1 atom stereocenters. The third-order valence-corrected chi connectivity index (χ3v) is 6.16. The van der Waals surface area contributed by atoms with Gasteiger partial charge in [-0.25, -0.2) is 13.1 Å². The maximum atomic E-state index is 11.7. The summed E-state index contributed by atoms with van der Waals surface area (Å²) < 4.78 is 29.8. The number of alkyl halides is 1. The molecule has 0 bridgehead atoms. The number of sulfonamides is 1. The van der Waals surface area contributed by atoms with Gasteiger partial charge in [-0.05, 0) is 47.6 Å². The lowest BCUT2D eigenvalue weighted by Crippen LogP contribution is -2.36. The van der Waals surface area contributed by atoms with Crippen LogP contribution in [0.5, 0.6) is 5.75 Å². The molecule has 0 unspecified atom stereocenters. The van der Waals surface area contributed by atoms with E-state index in [0.29, 0.717) is 41.2 Å². The summed E-state index contributed by atoms with van der Waals surface area (Å²) in [6.45, 7) is 2.59. The van der Waals surface area contributed by atoms with Crippen LogP contribution in [0.25, 0.3) is 0 Å². The van der Waals surface area contributed by atoms with Gasteiger partial charge in [0.1, 0.15) is 0 Å². The summed E-state index contributed by atoms with van der Waals surface area (Å²) in [5.41, 5.74) is 3.05. The van der Waals surface area contributed by atoms with Crippen LogP contribution in [-0.4, -0.2) is 39.6 Å². The number of rotatable bonds is 12. The van der Waals surface area contributed by atoms with E-state index in [4.69, 9.17) is 39.5 Å². The number of hydrogen-bond donors (Lipinski definition) is 2. The number of carbonyl (C=O) groups excluding carboxylic acids is 1. The first-order valence-corrected chi connectivity index (χ1v) is 13.2. The molecule has 0 heterocycles. The molecule has 2 aromatic rings. The number of carbonyl (C=O) groups is 1. The Labute approximate surface area is 204 Å². The van der Waals surface area contributed by atoms with Gasteiger partial charge in [-0.1, -0.05) is 54.4 Å². The van der Waals surface area contributed by atoms with Crippen LogP contribution in [0.1, 0.15) is 36.0 Å². The summed E-state index contributed by atoms with van der Waals surface area (Å²) >= 11 is 18.4. The van der Waals surface area contributed by atoms with Gasteiger partial charge in [0.15, 0.2) is 5.75 Å². The molecule has 32 heavy (non-hydrogen) atoms. The molecule has 2 aromatic carbocycles. The number of nitrogens with one attached hydrogen (secondary N) is 2. The first-order valence-electron chi connectivity index (χ1n) is 10.1. The van der Waals surface area contributed by atoms with E-state index in [1.807, 2.05) is 36.4 Å². The van der Waals surface area contributed by atoms with Crippen molar-refractivity contribution in [1.82, 2.24) is 10.0 Å². The Bertz CT molecular complexity index is 991. The minimum Gasteiger partial charge on any atom is -0.490 e. The highest BCUT2D eigenvalue weighted by atomic mass is 35.5. The van der Waals surface area contributed by atoms with Gasteiger partial charge in [0, 0.05) is 12.4 Å². The van der Waals surface area contributed by atoms with Crippen molar-refractivity contribution < 1.29 is 17.9 Å². The average molecular weight is 522 g/mol. The number of halogens is 3. The predicted octanol–water partition coefficient (Wildman–Crippen LogP) is 4.51. The molecule has 2 rings (SSSR count). The van der Waals surface area contributed by atoms with Crippen molar-refractivity contribution in [3.8, 4) is 5.75 Å². The number of amides is 1. The zero-order valence-corrected chi connectivity index (χ0v) is 21.0. The summed E-state index contributed by atoms with van der Waals surface area (Å²) in [6.07, 6.45) is 2.50. The van der Waals surface area contributed by atoms with E-state index < -0.39 is 15.9 Å². The highest BCUT2D eigenvalue weighted by Crippen LogP contribution is 2.37. The van der Waals surface area contributed by atoms with Gasteiger partial charge in [-0.2, -0.15) is 0 Å². The highest BCUT2D eigenvalue weighted by Gasteiger charge is 2.14. The third-order valence-electron chi connectivity index (χ3n) is 4.66. The van der Waals surface area contributed by atoms with Gasteiger partial charge in [0.25, 0.3) is 0 Å². The highest BCUT2D eigenvalue weighted by molar-refractivity contribution is 7.88. The zero-order valence-electron chi connectivity index (χ0n) is 18.0. The van der Waals surface area contributed by atoms with Gasteiger partial charge in [0.2, 0.25) is 15.9 Å². The molecular weight excluding hydrogens is 495 g/mol. The Balaban J connectivity index is 1.92. The monoisotopic (exact) mass is 520 g/mol. The van der Waals surface area contributed by atoms with E-state index >= 15 is 0 Å². The summed E-state index contributed by atoms with van der Waals surface area (Å²) in [7, 11) is -3.39. The third kappa shape index (κ3) is 9.16. The molecule has 0 spiro atoms. The molecule has 176 valence electrons. The van der Waals surface area contributed by atoms with Crippen LogP contribution in [0.3, 0.4) is 0 Å². The summed E-state index contributed by atoms with van der Waals surface area (Å²) in [5, 5.41) is 3.63. The molecule has 0 aliphatic heterocycles. The molecule has 0 aromatic heterocycles. The van der Waals surface area contributed by atoms with Crippen LogP contribution in [0.2, 0.25) is 10.0 Å². The smallest absolute Gasteiger partial charge is 0.235 e. The Morgan fingerprint density at radius 3 is 2.25 bits per heavy atom. The molecule has 0 aliphatic rings. The van der Waals surface area contributed by atoms with Gasteiger partial charge in [-0.3, -0.25) is 4.79 Å². The lowest BCUT2D eigenvalue weighted by atomic mass is 9.93. The van der Waals surface area contributed by atoms with Crippen LogP contribution < -0.4 is 14.8 Å². The SMILES string of the molecule is C[C@H](Cc1ccc(CNC(=O)CNS(C)(=O)=O)cc1)c1cc(Cl)c(OCCCCl)c(Cl)c1. The summed E-state index contributed by atoms with van der Waals surface area (Å²) in [6, 6.07) is 11.6. The summed E-state index contributed by atoms with van der Waals surface area (Å²) in [4.78, 5) is 11.7. The normalized spacial score (nSPS) is 12.4. The van der Waals surface area contributed by atoms with E-state index in [-0.39, 0.29) is 12.5 Å². The molecule has 1 amide bonds. The Morgan fingerprint density at radius 1 is 1.09 bits per heavy atom. The largest absolute Gasteiger partial charge is 0.490 e. The first kappa shape index (κ1) is 26.7. The molecule has 0 radical (unpaired) electrons. The average Bonchev–Trinajstić information content (AvgIpc) is 2.73.